The summed E-state index contributed by atoms with van der Waals surface area (Å²) < 4.78 is 0. The van der Waals surface area contributed by atoms with Gasteiger partial charge < -0.3 is 15.7 Å². The Balaban J connectivity index is 1.59. The highest BCUT2D eigenvalue weighted by Crippen LogP contribution is 2.39. The molecule has 1 aliphatic carbocycles. The van der Waals surface area contributed by atoms with E-state index in [1.807, 2.05) is 19.1 Å². The zero-order valence-electron chi connectivity index (χ0n) is 15.6. The quantitative estimate of drug-likeness (QED) is 0.612. The molecule has 3 rings (SSSR count). The first-order valence-electron chi connectivity index (χ1n) is 9.21. The molecular formula is C22H28N2O2. The Kier molecular flexibility index (Phi) is 5.74. The highest BCUT2D eigenvalue weighted by atomic mass is 16.6. The van der Waals surface area contributed by atoms with Crippen LogP contribution in [-0.4, -0.2) is 23.0 Å². The van der Waals surface area contributed by atoms with Crippen LogP contribution in [0.1, 0.15) is 54.4 Å². The molecule has 1 aliphatic rings. The summed E-state index contributed by atoms with van der Waals surface area (Å²) in [7, 11) is 0. The van der Waals surface area contributed by atoms with Crippen LogP contribution >= 0.6 is 0 Å². The van der Waals surface area contributed by atoms with Crippen molar-refractivity contribution in [3.05, 3.63) is 70.8 Å². The Morgan fingerprint density at radius 1 is 1.27 bits per heavy atom. The van der Waals surface area contributed by atoms with Crippen LogP contribution in [-0.2, 0) is 11.4 Å². The SMILES string of the molecule is C/C(=N\OCc1cccc(C)c1)c1ccc([C@@H]2CC[C@](N)(CO)C2)cc1. The maximum absolute atomic E-state index is 9.43. The Morgan fingerprint density at radius 2 is 2.04 bits per heavy atom. The molecule has 2 aromatic rings. The summed E-state index contributed by atoms with van der Waals surface area (Å²) >= 11 is 0. The van der Waals surface area contributed by atoms with Crippen LogP contribution in [0.5, 0.6) is 0 Å². The standard InChI is InChI=1S/C22H28N2O2/c1-16-4-3-5-18(12-16)14-26-24-17(2)19-6-8-20(9-7-19)21-10-11-22(23,13-21)15-25/h3-9,12,21,25H,10-11,13-15,23H2,1-2H3/b24-17+/t21-,22-/m1/s1. The lowest BCUT2D eigenvalue weighted by Crippen LogP contribution is -2.40. The number of rotatable bonds is 6. The summed E-state index contributed by atoms with van der Waals surface area (Å²) in [4.78, 5) is 5.51. The van der Waals surface area contributed by atoms with Gasteiger partial charge in [-0.05, 0) is 55.7 Å². The first kappa shape index (κ1) is 18.6. The largest absolute Gasteiger partial charge is 0.394 e. The van der Waals surface area contributed by atoms with E-state index in [-0.39, 0.29) is 6.61 Å². The molecule has 0 heterocycles. The predicted octanol–water partition coefficient (Wildman–Crippen LogP) is 3.89. The molecule has 2 aromatic carbocycles. The minimum absolute atomic E-state index is 0.0611. The van der Waals surface area contributed by atoms with E-state index in [4.69, 9.17) is 10.6 Å². The normalized spacial score (nSPS) is 23.2. The molecule has 4 nitrogen and oxygen atoms in total. The number of benzene rings is 2. The molecule has 0 aliphatic heterocycles. The minimum Gasteiger partial charge on any atom is -0.394 e. The van der Waals surface area contributed by atoms with Crippen molar-refractivity contribution >= 4 is 5.71 Å². The third-order valence-electron chi connectivity index (χ3n) is 5.27. The van der Waals surface area contributed by atoms with Gasteiger partial charge in [-0.1, -0.05) is 59.3 Å². The van der Waals surface area contributed by atoms with Crippen molar-refractivity contribution in [2.45, 2.75) is 51.2 Å². The van der Waals surface area contributed by atoms with Crippen LogP contribution in [0.2, 0.25) is 0 Å². The highest BCUT2D eigenvalue weighted by Gasteiger charge is 2.35. The van der Waals surface area contributed by atoms with E-state index < -0.39 is 5.54 Å². The molecule has 0 amide bonds. The van der Waals surface area contributed by atoms with E-state index in [0.717, 1.165) is 36.1 Å². The molecule has 0 radical (unpaired) electrons. The van der Waals surface area contributed by atoms with Crippen LogP contribution in [0.25, 0.3) is 0 Å². The molecule has 3 N–H and O–H groups in total. The van der Waals surface area contributed by atoms with Gasteiger partial charge in [0.05, 0.1) is 12.3 Å². The number of hydrogen-bond donors (Lipinski definition) is 2. The van der Waals surface area contributed by atoms with E-state index in [2.05, 4.69) is 48.5 Å². The summed E-state index contributed by atoms with van der Waals surface area (Å²) in [6.07, 6.45) is 2.75. The van der Waals surface area contributed by atoms with Gasteiger partial charge in [-0.3, -0.25) is 0 Å². The van der Waals surface area contributed by atoms with Crippen molar-refractivity contribution in [3.8, 4) is 0 Å². The molecule has 0 unspecified atom stereocenters. The first-order chi connectivity index (χ1) is 12.5. The van der Waals surface area contributed by atoms with Crippen LogP contribution in [0.4, 0.5) is 0 Å². The van der Waals surface area contributed by atoms with Crippen LogP contribution in [0, 0.1) is 6.92 Å². The maximum atomic E-state index is 9.43. The lowest BCUT2D eigenvalue weighted by Gasteiger charge is -2.20. The molecule has 0 saturated heterocycles. The molecule has 0 spiro atoms. The number of aliphatic hydroxyl groups excluding tert-OH is 1. The minimum atomic E-state index is -0.412. The maximum Gasteiger partial charge on any atom is 0.142 e. The van der Waals surface area contributed by atoms with E-state index in [1.54, 1.807) is 0 Å². The van der Waals surface area contributed by atoms with E-state index >= 15 is 0 Å². The van der Waals surface area contributed by atoms with Gasteiger partial charge >= 0.3 is 0 Å². The first-order valence-corrected chi connectivity index (χ1v) is 9.21. The highest BCUT2D eigenvalue weighted by molar-refractivity contribution is 5.98. The van der Waals surface area contributed by atoms with Gasteiger partial charge in [-0.2, -0.15) is 0 Å². The van der Waals surface area contributed by atoms with Crippen molar-refractivity contribution in [2.75, 3.05) is 6.61 Å². The Morgan fingerprint density at radius 3 is 2.69 bits per heavy atom. The van der Waals surface area contributed by atoms with Crippen molar-refractivity contribution in [1.82, 2.24) is 0 Å². The van der Waals surface area contributed by atoms with Crippen LogP contribution in [0.3, 0.4) is 0 Å². The lowest BCUT2D eigenvalue weighted by atomic mass is 9.93. The molecule has 0 bridgehead atoms. The molecule has 1 fully saturated rings. The molecule has 1 saturated carbocycles. The van der Waals surface area contributed by atoms with E-state index in [9.17, 15) is 5.11 Å². The Hall–Kier alpha value is -2.17. The van der Waals surface area contributed by atoms with E-state index in [0.29, 0.717) is 12.5 Å². The van der Waals surface area contributed by atoms with Crippen LogP contribution < -0.4 is 5.73 Å². The van der Waals surface area contributed by atoms with Gasteiger partial charge in [0.2, 0.25) is 0 Å². The van der Waals surface area contributed by atoms with Crippen molar-refractivity contribution in [2.24, 2.45) is 10.9 Å². The van der Waals surface area contributed by atoms with Gasteiger partial charge in [-0.25, -0.2) is 0 Å². The van der Waals surface area contributed by atoms with Crippen molar-refractivity contribution in [1.29, 1.82) is 0 Å². The number of nitrogens with two attached hydrogens (primary N) is 1. The number of aliphatic hydroxyl groups is 1. The van der Waals surface area contributed by atoms with Gasteiger partial charge in [-0.15, -0.1) is 0 Å². The molecule has 138 valence electrons. The fourth-order valence-electron chi connectivity index (χ4n) is 3.64. The number of hydrogen-bond acceptors (Lipinski definition) is 4. The third-order valence-corrected chi connectivity index (χ3v) is 5.27. The van der Waals surface area contributed by atoms with Crippen molar-refractivity contribution in [3.63, 3.8) is 0 Å². The molecule has 26 heavy (non-hydrogen) atoms. The van der Waals surface area contributed by atoms with Gasteiger partial charge in [0.15, 0.2) is 0 Å². The van der Waals surface area contributed by atoms with Crippen LogP contribution in [0.15, 0.2) is 53.7 Å². The van der Waals surface area contributed by atoms with Gasteiger partial charge in [0.1, 0.15) is 6.61 Å². The third kappa shape index (κ3) is 4.51. The second-order valence-corrected chi connectivity index (χ2v) is 7.52. The molecule has 4 heteroatoms. The molecule has 2 atom stereocenters. The summed E-state index contributed by atoms with van der Waals surface area (Å²) in [6.45, 7) is 4.56. The predicted molar refractivity (Wildman–Crippen MR) is 105 cm³/mol. The Bertz CT molecular complexity index is 770. The number of nitrogens with zero attached hydrogens (tertiary/aromatic N) is 1. The lowest BCUT2D eigenvalue weighted by molar-refractivity contribution is 0.130. The zero-order valence-corrected chi connectivity index (χ0v) is 15.6. The van der Waals surface area contributed by atoms with Gasteiger partial charge in [0.25, 0.3) is 0 Å². The number of aryl methyl sites for hydroxylation is 1. The second-order valence-electron chi connectivity index (χ2n) is 7.52. The topological polar surface area (TPSA) is 67.8 Å². The number of oxime groups is 1. The zero-order chi connectivity index (χ0) is 18.6. The smallest absolute Gasteiger partial charge is 0.142 e. The fraction of sp³-hybridized carbons (Fsp3) is 0.409. The fourth-order valence-corrected chi connectivity index (χ4v) is 3.64. The summed E-state index contributed by atoms with van der Waals surface area (Å²) in [6, 6.07) is 16.7. The van der Waals surface area contributed by atoms with E-state index in [1.165, 1.54) is 11.1 Å². The average Bonchev–Trinajstić information content (AvgIpc) is 3.05. The molecular weight excluding hydrogens is 324 g/mol. The van der Waals surface area contributed by atoms with Crippen molar-refractivity contribution < 1.29 is 9.94 Å². The molecule has 0 aromatic heterocycles. The Labute approximate surface area is 155 Å². The summed E-state index contributed by atoms with van der Waals surface area (Å²) in [5, 5.41) is 13.7. The summed E-state index contributed by atoms with van der Waals surface area (Å²) in [5.74, 6) is 0.427. The average molecular weight is 352 g/mol. The summed E-state index contributed by atoms with van der Waals surface area (Å²) in [5.41, 5.74) is 11.3. The van der Waals surface area contributed by atoms with Gasteiger partial charge in [0, 0.05) is 5.54 Å². The second kappa shape index (κ2) is 8.02. The monoisotopic (exact) mass is 352 g/mol.